The lowest BCUT2D eigenvalue weighted by Gasteiger charge is -2.13. The van der Waals surface area contributed by atoms with Crippen LogP contribution in [0.15, 0.2) is 0 Å². The molecule has 0 rings (SSSR count). The van der Waals surface area contributed by atoms with E-state index >= 15 is 0 Å². The van der Waals surface area contributed by atoms with E-state index in [1.54, 1.807) is 0 Å². The van der Waals surface area contributed by atoms with Gasteiger partial charge in [0.2, 0.25) is 0 Å². The third kappa shape index (κ3) is 8.55. The quantitative estimate of drug-likeness (QED) is 0.596. The summed E-state index contributed by atoms with van der Waals surface area (Å²) >= 11 is 0. The van der Waals surface area contributed by atoms with Crippen LogP contribution in [-0.4, -0.2) is 11.7 Å². The highest BCUT2D eigenvalue weighted by Gasteiger charge is 2.04. The minimum absolute atomic E-state index is 0.354. The van der Waals surface area contributed by atoms with Crippen LogP contribution >= 0.6 is 0 Å². The molecule has 0 heterocycles. The number of aliphatic hydroxyl groups excluding tert-OH is 1. The predicted molar refractivity (Wildman–Crippen MR) is 63.4 cm³/mol. The number of rotatable bonds is 9. The Labute approximate surface area is 89.9 Å². The lowest BCUT2D eigenvalue weighted by atomic mass is 9.94. The third-order valence-corrected chi connectivity index (χ3v) is 3.07. The fourth-order valence-corrected chi connectivity index (χ4v) is 1.88. The van der Waals surface area contributed by atoms with Gasteiger partial charge in [0.25, 0.3) is 0 Å². The molecule has 0 saturated carbocycles. The SMILES string of the molecule is CCCCC(C)CCCC(C)CCO. The average molecular weight is 200 g/mol. The van der Waals surface area contributed by atoms with Crippen LogP contribution in [0.4, 0.5) is 0 Å². The minimum Gasteiger partial charge on any atom is -0.396 e. The summed E-state index contributed by atoms with van der Waals surface area (Å²) in [5.74, 6) is 1.61. The number of hydrogen-bond donors (Lipinski definition) is 1. The van der Waals surface area contributed by atoms with E-state index in [0.29, 0.717) is 12.5 Å². The predicted octanol–water partition coefficient (Wildman–Crippen LogP) is 4.00. The highest BCUT2D eigenvalue weighted by molar-refractivity contribution is 4.57. The minimum atomic E-state index is 0.354. The van der Waals surface area contributed by atoms with Crippen LogP contribution in [0, 0.1) is 11.8 Å². The molecule has 1 nitrogen and oxygen atoms in total. The Morgan fingerprint density at radius 3 is 1.86 bits per heavy atom. The van der Waals surface area contributed by atoms with Crippen LogP contribution < -0.4 is 0 Å². The summed E-state index contributed by atoms with van der Waals surface area (Å²) in [5, 5.41) is 8.76. The summed E-state index contributed by atoms with van der Waals surface area (Å²) in [5.41, 5.74) is 0. The standard InChI is InChI=1S/C13H28O/c1-4-5-7-12(2)8-6-9-13(3)10-11-14/h12-14H,4-11H2,1-3H3. The van der Waals surface area contributed by atoms with Crippen LogP contribution in [0.5, 0.6) is 0 Å². The molecule has 0 aliphatic rings. The van der Waals surface area contributed by atoms with Gasteiger partial charge in [-0.05, 0) is 18.3 Å². The van der Waals surface area contributed by atoms with Crippen LogP contribution in [-0.2, 0) is 0 Å². The molecule has 0 saturated heterocycles. The molecule has 2 unspecified atom stereocenters. The zero-order chi connectivity index (χ0) is 10.8. The van der Waals surface area contributed by atoms with Gasteiger partial charge in [-0.3, -0.25) is 0 Å². The Bertz CT molecular complexity index is 112. The van der Waals surface area contributed by atoms with Gasteiger partial charge in [0.15, 0.2) is 0 Å². The van der Waals surface area contributed by atoms with Crippen LogP contribution in [0.3, 0.4) is 0 Å². The van der Waals surface area contributed by atoms with Crippen molar-refractivity contribution in [2.75, 3.05) is 6.61 Å². The largest absolute Gasteiger partial charge is 0.396 e. The highest BCUT2D eigenvalue weighted by Crippen LogP contribution is 2.18. The van der Waals surface area contributed by atoms with Crippen molar-refractivity contribution < 1.29 is 5.11 Å². The lowest BCUT2D eigenvalue weighted by Crippen LogP contribution is -2.00. The molecule has 0 aliphatic carbocycles. The maximum Gasteiger partial charge on any atom is 0.0433 e. The first kappa shape index (κ1) is 14.0. The van der Waals surface area contributed by atoms with Gasteiger partial charge in [0, 0.05) is 6.61 Å². The van der Waals surface area contributed by atoms with Gasteiger partial charge < -0.3 is 5.11 Å². The molecule has 1 heteroatoms. The Morgan fingerprint density at radius 2 is 1.36 bits per heavy atom. The summed E-state index contributed by atoms with van der Waals surface area (Å²) < 4.78 is 0. The van der Waals surface area contributed by atoms with Gasteiger partial charge in [-0.15, -0.1) is 0 Å². The second kappa shape index (κ2) is 9.51. The second-order valence-corrected chi connectivity index (χ2v) is 4.80. The van der Waals surface area contributed by atoms with Crippen LogP contribution in [0.1, 0.15) is 65.7 Å². The lowest BCUT2D eigenvalue weighted by molar-refractivity contribution is 0.255. The summed E-state index contributed by atoms with van der Waals surface area (Å²) in [7, 11) is 0. The number of unbranched alkanes of at least 4 members (excludes halogenated alkanes) is 1. The van der Waals surface area contributed by atoms with Crippen molar-refractivity contribution in [3.05, 3.63) is 0 Å². The summed E-state index contributed by atoms with van der Waals surface area (Å²) in [6.07, 6.45) is 9.08. The van der Waals surface area contributed by atoms with Gasteiger partial charge in [0.1, 0.15) is 0 Å². The van der Waals surface area contributed by atoms with Crippen molar-refractivity contribution in [3.8, 4) is 0 Å². The van der Waals surface area contributed by atoms with Gasteiger partial charge in [0.05, 0.1) is 0 Å². The summed E-state index contributed by atoms with van der Waals surface area (Å²) in [6, 6.07) is 0. The Kier molecular flexibility index (Phi) is 9.49. The molecular weight excluding hydrogens is 172 g/mol. The monoisotopic (exact) mass is 200 g/mol. The van der Waals surface area contributed by atoms with E-state index in [-0.39, 0.29) is 0 Å². The Morgan fingerprint density at radius 1 is 0.857 bits per heavy atom. The van der Waals surface area contributed by atoms with Crippen LogP contribution in [0.2, 0.25) is 0 Å². The zero-order valence-corrected chi connectivity index (χ0v) is 10.3. The first-order valence-corrected chi connectivity index (χ1v) is 6.31. The van der Waals surface area contributed by atoms with Gasteiger partial charge in [-0.2, -0.15) is 0 Å². The van der Waals surface area contributed by atoms with Crippen molar-refractivity contribution in [1.29, 1.82) is 0 Å². The van der Waals surface area contributed by atoms with Crippen molar-refractivity contribution in [2.45, 2.75) is 65.7 Å². The molecule has 0 aromatic heterocycles. The summed E-state index contributed by atoms with van der Waals surface area (Å²) in [6.45, 7) is 7.22. The maximum atomic E-state index is 8.76. The van der Waals surface area contributed by atoms with Crippen molar-refractivity contribution in [3.63, 3.8) is 0 Å². The van der Waals surface area contributed by atoms with Gasteiger partial charge in [-0.25, -0.2) is 0 Å². The maximum absolute atomic E-state index is 8.76. The molecule has 2 atom stereocenters. The molecule has 0 spiro atoms. The molecule has 0 aromatic rings. The molecule has 0 amide bonds. The third-order valence-electron chi connectivity index (χ3n) is 3.07. The first-order valence-electron chi connectivity index (χ1n) is 6.31. The smallest absolute Gasteiger partial charge is 0.0433 e. The van der Waals surface area contributed by atoms with E-state index in [2.05, 4.69) is 20.8 Å². The average Bonchev–Trinajstić information content (AvgIpc) is 2.15. The molecule has 0 fully saturated rings. The van der Waals surface area contributed by atoms with E-state index < -0.39 is 0 Å². The number of aliphatic hydroxyl groups is 1. The molecule has 0 bridgehead atoms. The molecule has 0 aromatic carbocycles. The molecule has 0 aliphatic heterocycles. The Hall–Kier alpha value is -0.0400. The summed E-state index contributed by atoms with van der Waals surface area (Å²) in [4.78, 5) is 0. The van der Waals surface area contributed by atoms with Crippen molar-refractivity contribution in [1.82, 2.24) is 0 Å². The zero-order valence-electron chi connectivity index (χ0n) is 10.3. The van der Waals surface area contributed by atoms with Gasteiger partial charge in [-0.1, -0.05) is 59.3 Å². The van der Waals surface area contributed by atoms with E-state index in [1.165, 1.54) is 38.5 Å². The molecule has 0 radical (unpaired) electrons. The molecule has 14 heavy (non-hydrogen) atoms. The topological polar surface area (TPSA) is 20.2 Å². The highest BCUT2D eigenvalue weighted by atomic mass is 16.3. The normalized spacial score (nSPS) is 15.4. The van der Waals surface area contributed by atoms with Crippen molar-refractivity contribution >= 4 is 0 Å². The second-order valence-electron chi connectivity index (χ2n) is 4.80. The number of hydrogen-bond acceptors (Lipinski definition) is 1. The fraction of sp³-hybridized carbons (Fsp3) is 1.00. The molecule has 86 valence electrons. The molecular formula is C13H28O. The van der Waals surface area contributed by atoms with Crippen LogP contribution in [0.25, 0.3) is 0 Å². The van der Waals surface area contributed by atoms with Gasteiger partial charge >= 0.3 is 0 Å². The molecule has 1 N–H and O–H groups in total. The van der Waals surface area contributed by atoms with E-state index in [1.807, 2.05) is 0 Å². The van der Waals surface area contributed by atoms with Crippen molar-refractivity contribution in [2.24, 2.45) is 11.8 Å². The first-order chi connectivity index (χ1) is 6.70. The van der Waals surface area contributed by atoms with E-state index in [4.69, 9.17) is 5.11 Å². The fourth-order valence-electron chi connectivity index (χ4n) is 1.88. The van der Waals surface area contributed by atoms with E-state index in [9.17, 15) is 0 Å². The Balaban J connectivity index is 3.25. The van der Waals surface area contributed by atoms with E-state index in [0.717, 1.165) is 12.3 Å².